The summed E-state index contributed by atoms with van der Waals surface area (Å²) in [7, 11) is 0. The van der Waals surface area contributed by atoms with E-state index in [0.29, 0.717) is 5.56 Å². The van der Waals surface area contributed by atoms with Gasteiger partial charge in [0.15, 0.2) is 0 Å². The molecule has 1 unspecified atom stereocenters. The predicted octanol–water partition coefficient (Wildman–Crippen LogP) is 5.28. The number of aryl methyl sites for hydroxylation is 3. The summed E-state index contributed by atoms with van der Waals surface area (Å²) in [4.78, 5) is -0.417. The molecule has 0 bridgehead atoms. The summed E-state index contributed by atoms with van der Waals surface area (Å²) in [6.45, 7) is 7.14. The zero-order valence-corrected chi connectivity index (χ0v) is 12.9. The summed E-state index contributed by atoms with van der Waals surface area (Å²) in [6.07, 6.45) is 0. The van der Waals surface area contributed by atoms with E-state index in [4.69, 9.17) is 4.42 Å². The van der Waals surface area contributed by atoms with E-state index in [1.54, 1.807) is 6.92 Å². The van der Waals surface area contributed by atoms with Crippen LogP contribution in [0.3, 0.4) is 0 Å². The molecule has 1 atom stereocenters. The first-order chi connectivity index (χ1) is 8.82. The van der Waals surface area contributed by atoms with Crippen LogP contribution in [0.4, 0.5) is 8.78 Å². The molecule has 0 aliphatic carbocycles. The second-order valence-electron chi connectivity index (χ2n) is 4.74. The van der Waals surface area contributed by atoms with Crippen molar-refractivity contribution in [1.29, 1.82) is 0 Å². The van der Waals surface area contributed by atoms with Crippen molar-refractivity contribution in [3.63, 3.8) is 0 Å². The van der Waals surface area contributed by atoms with Crippen molar-refractivity contribution >= 4 is 15.9 Å². The fourth-order valence-corrected chi connectivity index (χ4v) is 3.21. The highest BCUT2D eigenvalue weighted by Gasteiger charge is 2.23. The van der Waals surface area contributed by atoms with Gasteiger partial charge in [-0.05, 0) is 51.0 Å². The van der Waals surface area contributed by atoms with Crippen molar-refractivity contribution < 1.29 is 13.2 Å². The van der Waals surface area contributed by atoms with Crippen LogP contribution >= 0.6 is 15.9 Å². The third-order valence-electron chi connectivity index (χ3n) is 3.42. The van der Waals surface area contributed by atoms with E-state index in [-0.39, 0.29) is 5.56 Å². The number of alkyl halides is 1. The van der Waals surface area contributed by atoms with Crippen molar-refractivity contribution in [2.24, 2.45) is 0 Å². The molecule has 0 fully saturated rings. The van der Waals surface area contributed by atoms with E-state index < -0.39 is 16.5 Å². The minimum atomic E-state index is -0.418. The van der Waals surface area contributed by atoms with E-state index in [1.807, 2.05) is 20.8 Å². The van der Waals surface area contributed by atoms with Gasteiger partial charge in [-0.25, -0.2) is 8.78 Å². The topological polar surface area (TPSA) is 13.1 Å². The molecule has 4 heteroatoms. The van der Waals surface area contributed by atoms with Gasteiger partial charge >= 0.3 is 0 Å². The molecule has 1 heterocycles. The SMILES string of the molecule is Cc1cc(F)c(C(Br)c2c(C)oc(C)c2C)cc1F. The average molecular weight is 329 g/mol. The van der Waals surface area contributed by atoms with Gasteiger partial charge in [0.25, 0.3) is 0 Å². The van der Waals surface area contributed by atoms with Gasteiger partial charge in [-0.15, -0.1) is 0 Å². The number of benzene rings is 1. The number of rotatable bonds is 2. The van der Waals surface area contributed by atoms with Crippen LogP contribution in [0.2, 0.25) is 0 Å². The van der Waals surface area contributed by atoms with Gasteiger partial charge in [0, 0.05) is 11.1 Å². The standard InChI is InChI=1S/C15H15BrF2O/c1-7-5-13(18)11(6-12(7)17)15(16)14-8(2)9(3)19-10(14)4/h5-6,15H,1-4H3. The number of hydrogen-bond acceptors (Lipinski definition) is 1. The van der Waals surface area contributed by atoms with Gasteiger partial charge in [0.1, 0.15) is 23.2 Å². The summed E-state index contributed by atoms with van der Waals surface area (Å²) in [5.41, 5.74) is 2.41. The summed E-state index contributed by atoms with van der Waals surface area (Å²) in [6, 6.07) is 2.46. The van der Waals surface area contributed by atoms with Crippen LogP contribution in [0.25, 0.3) is 0 Å². The van der Waals surface area contributed by atoms with Gasteiger partial charge in [0.05, 0.1) is 4.83 Å². The molecular weight excluding hydrogens is 314 g/mol. The summed E-state index contributed by atoms with van der Waals surface area (Å²) < 4.78 is 33.2. The van der Waals surface area contributed by atoms with Crippen LogP contribution in [0.1, 0.15) is 38.6 Å². The summed E-state index contributed by atoms with van der Waals surface area (Å²) in [5.74, 6) is 0.692. The number of halogens is 3. The van der Waals surface area contributed by atoms with E-state index in [9.17, 15) is 8.78 Å². The smallest absolute Gasteiger partial charge is 0.128 e. The van der Waals surface area contributed by atoms with Gasteiger partial charge in [-0.1, -0.05) is 15.9 Å². The Labute approximate surface area is 119 Å². The fourth-order valence-electron chi connectivity index (χ4n) is 2.19. The Balaban J connectivity index is 2.56. The third kappa shape index (κ3) is 2.46. The average Bonchev–Trinajstić information content (AvgIpc) is 2.57. The lowest BCUT2D eigenvalue weighted by Crippen LogP contribution is -2.01. The molecule has 102 valence electrons. The lowest BCUT2D eigenvalue weighted by molar-refractivity contribution is 0.500. The molecule has 1 aromatic heterocycles. The maximum atomic E-state index is 14.0. The highest BCUT2D eigenvalue weighted by Crippen LogP contribution is 2.39. The normalized spacial score (nSPS) is 12.8. The first kappa shape index (κ1) is 14.3. The van der Waals surface area contributed by atoms with Crippen molar-refractivity contribution in [3.05, 3.63) is 57.5 Å². The van der Waals surface area contributed by atoms with Crippen molar-refractivity contribution in [1.82, 2.24) is 0 Å². The second kappa shape index (κ2) is 5.08. The van der Waals surface area contributed by atoms with Gasteiger partial charge < -0.3 is 4.42 Å². The maximum absolute atomic E-state index is 14.0. The molecule has 2 aromatic rings. The molecule has 0 spiro atoms. The van der Waals surface area contributed by atoms with Gasteiger partial charge in [-0.2, -0.15) is 0 Å². The molecule has 0 N–H and O–H groups in total. The Morgan fingerprint density at radius 2 is 1.63 bits per heavy atom. The Kier molecular flexibility index (Phi) is 3.81. The lowest BCUT2D eigenvalue weighted by atomic mass is 9.99. The van der Waals surface area contributed by atoms with Gasteiger partial charge in [-0.3, -0.25) is 0 Å². The van der Waals surface area contributed by atoms with E-state index in [0.717, 1.165) is 22.6 Å². The van der Waals surface area contributed by atoms with Crippen LogP contribution in [-0.4, -0.2) is 0 Å². The predicted molar refractivity (Wildman–Crippen MR) is 74.8 cm³/mol. The molecule has 1 aromatic carbocycles. The van der Waals surface area contributed by atoms with Crippen LogP contribution in [0.15, 0.2) is 16.5 Å². The first-order valence-electron chi connectivity index (χ1n) is 5.99. The molecule has 0 amide bonds. The lowest BCUT2D eigenvalue weighted by Gasteiger charge is -2.13. The molecule has 0 aliphatic heterocycles. The molecule has 19 heavy (non-hydrogen) atoms. The van der Waals surface area contributed by atoms with Crippen LogP contribution in [0, 0.1) is 39.3 Å². The molecule has 0 saturated carbocycles. The monoisotopic (exact) mass is 328 g/mol. The second-order valence-corrected chi connectivity index (χ2v) is 5.65. The highest BCUT2D eigenvalue weighted by atomic mass is 79.9. The third-order valence-corrected chi connectivity index (χ3v) is 4.37. The Bertz CT molecular complexity index is 632. The Hall–Kier alpha value is -1.16. The Morgan fingerprint density at radius 3 is 2.16 bits per heavy atom. The minimum absolute atomic E-state index is 0.287. The first-order valence-corrected chi connectivity index (χ1v) is 6.90. The maximum Gasteiger partial charge on any atom is 0.128 e. The minimum Gasteiger partial charge on any atom is -0.466 e. The highest BCUT2D eigenvalue weighted by molar-refractivity contribution is 9.09. The molecular formula is C15H15BrF2O. The quantitative estimate of drug-likeness (QED) is 0.684. The summed E-state index contributed by atoms with van der Waals surface area (Å²) >= 11 is 3.45. The number of furan rings is 1. The zero-order chi connectivity index (χ0) is 14.3. The number of hydrogen-bond donors (Lipinski definition) is 0. The van der Waals surface area contributed by atoms with Crippen molar-refractivity contribution in [2.45, 2.75) is 32.5 Å². The molecule has 1 nitrogen and oxygen atoms in total. The van der Waals surface area contributed by atoms with E-state index >= 15 is 0 Å². The molecule has 0 saturated heterocycles. The van der Waals surface area contributed by atoms with Crippen LogP contribution < -0.4 is 0 Å². The van der Waals surface area contributed by atoms with E-state index in [1.165, 1.54) is 12.1 Å². The van der Waals surface area contributed by atoms with Crippen molar-refractivity contribution in [3.8, 4) is 0 Å². The molecule has 0 radical (unpaired) electrons. The summed E-state index contributed by atoms with van der Waals surface area (Å²) in [5, 5.41) is 0. The Morgan fingerprint density at radius 1 is 1.00 bits per heavy atom. The largest absolute Gasteiger partial charge is 0.466 e. The molecule has 0 aliphatic rings. The van der Waals surface area contributed by atoms with E-state index in [2.05, 4.69) is 15.9 Å². The van der Waals surface area contributed by atoms with Gasteiger partial charge in [0.2, 0.25) is 0 Å². The molecule has 2 rings (SSSR count). The van der Waals surface area contributed by atoms with Crippen LogP contribution in [-0.2, 0) is 0 Å². The zero-order valence-electron chi connectivity index (χ0n) is 11.3. The fraction of sp³-hybridized carbons (Fsp3) is 0.333. The van der Waals surface area contributed by atoms with Crippen LogP contribution in [0.5, 0.6) is 0 Å². The van der Waals surface area contributed by atoms with Crippen molar-refractivity contribution in [2.75, 3.05) is 0 Å².